The largest absolute Gasteiger partial charge is 0.445 e. The number of carbonyl (C=O) groups excluding carboxylic acids is 1. The summed E-state index contributed by atoms with van der Waals surface area (Å²) >= 11 is 0. The zero-order valence-corrected chi connectivity index (χ0v) is 19.1. The van der Waals surface area contributed by atoms with Gasteiger partial charge in [-0.15, -0.1) is 0 Å². The molecule has 1 amide bonds. The Kier molecular flexibility index (Phi) is 7.92. The van der Waals surface area contributed by atoms with E-state index in [0.717, 1.165) is 75.0 Å². The molecule has 2 aliphatic rings. The van der Waals surface area contributed by atoms with Gasteiger partial charge in [-0.1, -0.05) is 12.8 Å². The van der Waals surface area contributed by atoms with Crippen molar-refractivity contribution in [3.8, 4) is 0 Å². The van der Waals surface area contributed by atoms with E-state index in [1.165, 1.54) is 0 Å². The predicted molar refractivity (Wildman–Crippen MR) is 123 cm³/mol. The first-order valence-corrected chi connectivity index (χ1v) is 11.9. The average Bonchev–Trinajstić information content (AvgIpc) is 2.84. The van der Waals surface area contributed by atoms with Gasteiger partial charge in [0.25, 0.3) is 0 Å². The Morgan fingerprint density at radius 1 is 1.00 bits per heavy atom. The Labute approximate surface area is 197 Å². The maximum Gasteiger partial charge on any atom is 0.416 e. The lowest BCUT2D eigenvalue weighted by Gasteiger charge is -2.40. The highest BCUT2D eigenvalue weighted by atomic mass is 19.4. The quantitative estimate of drug-likeness (QED) is 0.621. The first kappa shape index (κ1) is 24.3. The molecule has 1 aliphatic carbocycles. The molecule has 6 nitrogen and oxygen atoms in total. The fourth-order valence-electron chi connectivity index (χ4n) is 4.84. The van der Waals surface area contributed by atoms with Gasteiger partial charge in [-0.25, -0.2) is 4.79 Å². The summed E-state index contributed by atoms with van der Waals surface area (Å²) in [6.45, 7) is 1.74. The summed E-state index contributed by atoms with van der Waals surface area (Å²) in [7, 11) is 0. The van der Waals surface area contributed by atoms with E-state index in [1.54, 1.807) is 24.5 Å². The summed E-state index contributed by atoms with van der Waals surface area (Å²) in [4.78, 5) is 18.5. The Morgan fingerprint density at radius 2 is 1.71 bits per heavy atom. The van der Waals surface area contributed by atoms with Gasteiger partial charge in [0.15, 0.2) is 0 Å². The van der Waals surface area contributed by atoms with Crippen LogP contribution in [0.4, 0.5) is 23.7 Å². The van der Waals surface area contributed by atoms with Crippen molar-refractivity contribution >= 4 is 11.8 Å². The summed E-state index contributed by atoms with van der Waals surface area (Å²) in [6.07, 6.45) is 4.52. The molecule has 34 heavy (non-hydrogen) atoms. The minimum Gasteiger partial charge on any atom is -0.445 e. The van der Waals surface area contributed by atoms with Crippen molar-refractivity contribution < 1.29 is 22.7 Å². The highest BCUT2D eigenvalue weighted by Crippen LogP contribution is 2.31. The summed E-state index contributed by atoms with van der Waals surface area (Å²) < 4.78 is 44.0. The minimum atomic E-state index is -4.33. The molecule has 0 bridgehead atoms. The molecule has 1 aromatic heterocycles. The summed E-state index contributed by atoms with van der Waals surface area (Å²) in [5.41, 5.74) is 1.06. The van der Waals surface area contributed by atoms with Crippen LogP contribution < -0.4 is 15.5 Å². The molecule has 2 aromatic rings. The number of rotatable bonds is 6. The monoisotopic (exact) mass is 476 g/mol. The molecule has 1 aromatic carbocycles. The van der Waals surface area contributed by atoms with Crippen LogP contribution in [-0.2, 0) is 17.5 Å². The van der Waals surface area contributed by atoms with E-state index in [4.69, 9.17) is 4.74 Å². The van der Waals surface area contributed by atoms with E-state index in [1.807, 2.05) is 12.1 Å². The lowest BCUT2D eigenvalue weighted by atomic mass is 9.89. The second-order valence-corrected chi connectivity index (χ2v) is 9.07. The number of piperidine rings is 1. The van der Waals surface area contributed by atoms with Gasteiger partial charge in [-0.2, -0.15) is 13.2 Å². The number of nitrogens with one attached hydrogen (secondary N) is 2. The molecule has 1 aliphatic heterocycles. The fourth-order valence-corrected chi connectivity index (χ4v) is 4.84. The van der Waals surface area contributed by atoms with Crippen molar-refractivity contribution in [3.05, 3.63) is 59.9 Å². The molecule has 0 spiro atoms. The van der Waals surface area contributed by atoms with Gasteiger partial charge >= 0.3 is 12.3 Å². The van der Waals surface area contributed by atoms with Gasteiger partial charge in [-0.05, 0) is 67.6 Å². The van der Waals surface area contributed by atoms with Gasteiger partial charge in [0.1, 0.15) is 6.61 Å². The zero-order chi connectivity index (χ0) is 24.0. The average molecular weight is 477 g/mol. The maximum atomic E-state index is 12.9. The molecule has 1 saturated heterocycles. The van der Waals surface area contributed by atoms with E-state index in [2.05, 4.69) is 20.5 Å². The molecular weight excluding hydrogens is 445 g/mol. The molecule has 0 radical (unpaired) electrons. The van der Waals surface area contributed by atoms with Crippen LogP contribution in [-0.4, -0.2) is 42.3 Å². The zero-order valence-electron chi connectivity index (χ0n) is 19.1. The Bertz CT molecular complexity index is 924. The van der Waals surface area contributed by atoms with Crippen molar-refractivity contribution in [2.24, 2.45) is 0 Å². The number of hydrogen-bond donors (Lipinski definition) is 2. The van der Waals surface area contributed by atoms with E-state index >= 15 is 0 Å². The number of benzene rings is 1. The smallest absolute Gasteiger partial charge is 0.416 e. The van der Waals surface area contributed by atoms with Crippen molar-refractivity contribution in [1.29, 1.82) is 0 Å². The van der Waals surface area contributed by atoms with Crippen LogP contribution in [0.5, 0.6) is 0 Å². The third kappa shape index (κ3) is 6.62. The standard InChI is InChI=1S/C25H31F3N4O2/c26-25(27,28)19-7-9-21(10-8-19)32-15-3-4-20(16-32)30-22-5-1-2-6-23(22)31-24(33)34-17-18-11-13-29-14-12-18/h7-14,20,22-23,30H,1-6,15-17H2,(H,31,33). The number of ether oxygens (including phenoxy) is 1. The molecule has 1 saturated carbocycles. The summed E-state index contributed by atoms with van der Waals surface area (Å²) in [5.74, 6) is 0. The van der Waals surface area contributed by atoms with Crippen molar-refractivity contribution in [1.82, 2.24) is 15.6 Å². The Balaban J connectivity index is 1.30. The number of alkyl carbamates (subject to hydrolysis) is 1. The number of amides is 1. The van der Waals surface area contributed by atoms with Gasteiger partial charge < -0.3 is 20.3 Å². The van der Waals surface area contributed by atoms with Crippen LogP contribution in [0.2, 0.25) is 0 Å². The first-order valence-electron chi connectivity index (χ1n) is 11.9. The number of nitrogens with zero attached hydrogens (tertiary/aromatic N) is 2. The van der Waals surface area contributed by atoms with Crippen molar-refractivity contribution in [2.75, 3.05) is 18.0 Å². The Hall–Kier alpha value is -2.81. The second-order valence-electron chi connectivity index (χ2n) is 9.07. The number of pyridine rings is 1. The lowest BCUT2D eigenvalue weighted by molar-refractivity contribution is -0.137. The SMILES string of the molecule is O=C(NC1CCCCC1NC1CCCN(c2ccc(C(F)(F)F)cc2)C1)OCc1ccncc1. The topological polar surface area (TPSA) is 66.5 Å². The Morgan fingerprint density at radius 3 is 2.41 bits per heavy atom. The number of halogens is 3. The van der Waals surface area contributed by atoms with E-state index in [0.29, 0.717) is 0 Å². The molecule has 2 N–H and O–H groups in total. The van der Waals surface area contributed by atoms with Gasteiger partial charge in [0, 0.05) is 49.3 Å². The predicted octanol–water partition coefficient (Wildman–Crippen LogP) is 4.90. The van der Waals surface area contributed by atoms with Crippen LogP contribution in [0, 0.1) is 0 Å². The lowest BCUT2D eigenvalue weighted by Crippen LogP contribution is -2.57. The van der Waals surface area contributed by atoms with Gasteiger partial charge in [-0.3, -0.25) is 4.98 Å². The van der Waals surface area contributed by atoms with Gasteiger partial charge in [0.2, 0.25) is 0 Å². The molecule has 9 heteroatoms. The van der Waals surface area contributed by atoms with Crippen LogP contribution in [0.3, 0.4) is 0 Å². The van der Waals surface area contributed by atoms with Crippen LogP contribution in [0.15, 0.2) is 48.8 Å². The van der Waals surface area contributed by atoms with E-state index in [9.17, 15) is 18.0 Å². The third-order valence-corrected chi connectivity index (χ3v) is 6.62. The number of aromatic nitrogens is 1. The van der Waals surface area contributed by atoms with Crippen LogP contribution in [0.25, 0.3) is 0 Å². The normalized spacial score (nSPS) is 23.4. The molecule has 2 fully saturated rings. The highest BCUT2D eigenvalue weighted by Gasteiger charge is 2.32. The van der Waals surface area contributed by atoms with Crippen LogP contribution >= 0.6 is 0 Å². The second kappa shape index (κ2) is 11.1. The number of anilines is 1. The maximum absolute atomic E-state index is 12.9. The molecule has 3 unspecified atom stereocenters. The molecule has 2 heterocycles. The fraction of sp³-hybridized carbons (Fsp3) is 0.520. The van der Waals surface area contributed by atoms with Crippen molar-refractivity contribution in [2.45, 2.75) is 69.4 Å². The summed E-state index contributed by atoms with van der Waals surface area (Å²) in [5, 5.41) is 6.75. The summed E-state index contributed by atoms with van der Waals surface area (Å²) in [6, 6.07) is 9.34. The number of hydrogen-bond acceptors (Lipinski definition) is 5. The molecule has 4 rings (SSSR count). The minimum absolute atomic E-state index is 0.0138. The third-order valence-electron chi connectivity index (χ3n) is 6.62. The number of carbonyl (C=O) groups is 1. The molecular formula is C25H31F3N4O2. The molecule has 3 atom stereocenters. The number of alkyl halides is 3. The first-order chi connectivity index (χ1) is 16.4. The highest BCUT2D eigenvalue weighted by molar-refractivity contribution is 5.67. The van der Waals surface area contributed by atoms with Crippen molar-refractivity contribution in [3.63, 3.8) is 0 Å². The molecule has 184 valence electrons. The van der Waals surface area contributed by atoms with E-state index < -0.39 is 17.8 Å². The van der Waals surface area contributed by atoms with Gasteiger partial charge in [0.05, 0.1) is 5.56 Å². The van der Waals surface area contributed by atoms with E-state index in [-0.39, 0.29) is 24.7 Å². The van der Waals surface area contributed by atoms with Crippen LogP contribution in [0.1, 0.15) is 49.7 Å².